The smallest absolute Gasteiger partial charge is 0.323 e. The Morgan fingerprint density at radius 2 is 1.90 bits per heavy atom. The number of rotatable bonds is 5. The summed E-state index contributed by atoms with van der Waals surface area (Å²) < 4.78 is 0. The van der Waals surface area contributed by atoms with Crippen molar-refractivity contribution in [1.82, 2.24) is 4.90 Å². The van der Waals surface area contributed by atoms with E-state index in [9.17, 15) is 9.59 Å². The van der Waals surface area contributed by atoms with Crippen molar-refractivity contribution in [3.8, 4) is 0 Å². The first-order valence-corrected chi connectivity index (χ1v) is 6.92. The van der Waals surface area contributed by atoms with Gasteiger partial charge in [0.1, 0.15) is 6.54 Å². The SMILES string of the molecule is CC1(C)CC1C(=O)N(CC(=O)O)Cc1ccc(Cl)cc1. The van der Waals surface area contributed by atoms with Crippen LogP contribution in [0.25, 0.3) is 0 Å². The second-order valence-corrected chi connectivity index (χ2v) is 6.40. The highest BCUT2D eigenvalue weighted by Gasteiger charge is 2.52. The molecule has 108 valence electrons. The summed E-state index contributed by atoms with van der Waals surface area (Å²) >= 11 is 5.82. The molecule has 1 aliphatic carbocycles. The summed E-state index contributed by atoms with van der Waals surface area (Å²) in [4.78, 5) is 24.7. The van der Waals surface area contributed by atoms with Crippen molar-refractivity contribution in [2.75, 3.05) is 6.54 Å². The predicted molar refractivity (Wildman–Crippen MR) is 76.4 cm³/mol. The molecule has 1 aromatic carbocycles. The molecule has 4 nitrogen and oxygen atoms in total. The minimum absolute atomic E-state index is 0.00612. The lowest BCUT2D eigenvalue weighted by Crippen LogP contribution is -2.37. The van der Waals surface area contributed by atoms with Crippen molar-refractivity contribution >= 4 is 23.5 Å². The standard InChI is InChI=1S/C15H18ClNO3/c1-15(2)7-12(15)14(20)17(9-13(18)19)8-10-3-5-11(16)6-4-10/h3-6,12H,7-9H2,1-2H3,(H,18,19). The fourth-order valence-corrected chi connectivity index (χ4v) is 2.42. The van der Waals surface area contributed by atoms with E-state index >= 15 is 0 Å². The zero-order valence-electron chi connectivity index (χ0n) is 11.6. The average molecular weight is 296 g/mol. The van der Waals surface area contributed by atoms with E-state index in [2.05, 4.69) is 0 Å². The van der Waals surface area contributed by atoms with Crippen molar-refractivity contribution in [3.05, 3.63) is 34.9 Å². The van der Waals surface area contributed by atoms with E-state index in [1.165, 1.54) is 4.90 Å². The minimum Gasteiger partial charge on any atom is -0.480 e. The van der Waals surface area contributed by atoms with E-state index in [1.54, 1.807) is 12.1 Å². The van der Waals surface area contributed by atoms with Gasteiger partial charge in [-0.05, 0) is 29.5 Å². The van der Waals surface area contributed by atoms with Crippen molar-refractivity contribution in [3.63, 3.8) is 0 Å². The Morgan fingerprint density at radius 1 is 1.35 bits per heavy atom. The third-order valence-electron chi connectivity index (χ3n) is 3.74. The summed E-state index contributed by atoms with van der Waals surface area (Å²) in [5.74, 6) is -1.13. The lowest BCUT2D eigenvalue weighted by atomic mass is 10.1. The molecule has 0 saturated heterocycles. The molecule has 0 aromatic heterocycles. The number of benzene rings is 1. The Balaban J connectivity index is 2.09. The number of carbonyl (C=O) groups is 2. The molecule has 0 bridgehead atoms. The van der Waals surface area contributed by atoms with Crippen LogP contribution in [-0.2, 0) is 16.1 Å². The minimum atomic E-state index is -0.995. The van der Waals surface area contributed by atoms with Gasteiger partial charge in [-0.2, -0.15) is 0 Å². The Morgan fingerprint density at radius 3 is 2.35 bits per heavy atom. The molecule has 5 heteroatoms. The maximum Gasteiger partial charge on any atom is 0.323 e. The van der Waals surface area contributed by atoms with E-state index < -0.39 is 5.97 Å². The molecule has 1 amide bonds. The normalized spacial score (nSPS) is 19.4. The van der Waals surface area contributed by atoms with Gasteiger partial charge in [0.25, 0.3) is 0 Å². The van der Waals surface area contributed by atoms with E-state index in [-0.39, 0.29) is 23.8 Å². The number of halogens is 1. The van der Waals surface area contributed by atoms with Crippen LogP contribution in [-0.4, -0.2) is 28.4 Å². The van der Waals surface area contributed by atoms with Gasteiger partial charge in [-0.15, -0.1) is 0 Å². The Labute approximate surface area is 123 Å². The molecule has 2 rings (SSSR count). The lowest BCUT2D eigenvalue weighted by molar-refractivity contribution is -0.145. The zero-order chi connectivity index (χ0) is 14.9. The fraction of sp³-hybridized carbons (Fsp3) is 0.467. The molecule has 0 aliphatic heterocycles. The number of aliphatic carboxylic acids is 1. The fourth-order valence-electron chi connectivity index (χ4n) is 2.29. The molecule has 1 aromatic rings. The van der Waals surface area contributed by atoms with Gasteiger partial charge in [-0.1, -0.05) is 37.6 Å². The molecular formula is C15H18ClNO3. The third kappa shape index (κ3) is 3.51. The average Bonchev–Trinajstić information content (AvgIpc) is 2.99. The number of amides is 1. The van der Waals surface area contributed by atoms with Gasteiger partial charge in [0.05, 0.1) is 0 Å². The highest BCUT2D eigenvalue weighted by Crippen LogP contribution is 2.52. The number of nitrogens with zero attached hydrogens (tertiary/aromatic N) is 1. The molecule has 1 fully saturated rings. The summed E-state index contributed by atoms with van der Waals surface area (Å²) in [6, 6.07) is 7.09. The Bertz CT molecular complexity index is 524. The number of carboxylic acids is 1. The van der Waals surface area contributed by atoms with Gasteiger partial charge < -0.3 is 10.0 Å². The summed E-state index contributed by atoms with van der Waals surface area (Å²) in [5.41, 5.74) is 0.871. The summed E-state index contributed by atoms with van der Waals surface area (Å²) in [5, 5.41) is 9.59. The molecule has 1 unspecified atom stereocenters. The summed E-state index contributed by atoms with van der Waals surface area (Å²) in [6.07, 6.45) is 0.822. The maximum atomic E-state index is 12.4. The molecule has 20 heavy (non-hydrogen) atoms. The Hall–Kier alpha value is -1.55. The van der Waals surface area contributed by atoms with Crippen LogP contribution < -0.4 is 0 Å². The van der Waals surface area contributed by atoms with Crippen LogP contribution in [0.2, 0.25) is 5.02 Å². The number of carbonyl (C=O) groups excluding carboxylic acids is 1. The highest BCUT2D eigenvalue weighted by atomic mass is 35.5. The number of hydrogen-bond acceptors (Lipinski definition) is 2. The third-order valence-corrected chi connectivity index (χ3v) is 3.99. The van der Waals surface area contributed by atoms with Gasteiger partial charge in [0.15, 0.2) is 0 Å². The van der Waals surface area contributed by atoms with Gasteiger partial charge >= 0.3 is 5.97 Å². The Kier molecular flexibility index (Phi) is 4.04. The van der Waals surface area contributed by atoms with Crippen LogP contribution in [0.15, 0.2) is 24.3 Å². The lowest BCUT2D eigenvalue weighted by Gasteiger charge is -2.21. The molecular weight excluding hydrogens is 278 g/mol. The van der Waals surface area contributed by atoms with Gasteiger partial charge in [0.2, 0.25) is 5.91 Å². The summed E-state index contributed by atoms with van der Waals surface area (Å²) in [7, 11) is 0. The van der Waals surface area contributed by atoms with Crippen molar-refractivity contribution in [1.29, 1.82) is 0 Å². The van der Waals surface area contributed by atoms with Crippen LogP contribution >= 0.6 is 11.6 Å². The zero-order valence-corrected chi connectivity index (χ0v) is 12.4. The monoisotopic (exact) mass is 295 g/mol. The number of carboxylic acid groups (broad SMARTS) is 1. The van der Waals surface area contributed by atoms with Crippen molar-refractivity contribution in [2.45, 2.75) is 26.8 Å². The first-order valence-electron chi connectivity index (χ1n) is 6.54. The van der Waals surface area contributed by atoms with Gasteiger partial charge in [-0.25, -0.2) is 0 Å². The second-order valence-electron chi connectivity index (χ2n) is 5.96. The number of hydrogen-bond donors (Lipinski definition) is 1. The first kappa shape index (κ1) is 14.9. The predicted octanol–water partition coefficient (Wildman–Crippen LogP) is 2.80. The van der Waals surface area contributed by atoms with E-state index in [1.807, 2.05) is 26.0 Å². The first-order chi connectivity index (χ1) is 9.29. The van der Waals surface area contributed by atoms with Crippen LogP contribution in [0, 0.1) is 11.3 Å². The van der Waals surface area contributed by atoms with Crippen LogP contribution in [0.3, 0.4) is 0 Å². The molecule has 1 aliphatic rings. The van der Waals surface area contributed by atoms with Gasteiger partial charge in [-0.3, -0.25) is 9.59 Å². The quantitative estimate of drug-likeness (QED) is 0.909. The maximum absolute atomic E-state index is 12.4. The largest absolute Gasteiger partial charge is 0.480 e. The van der Waals surface area contributed by atoms with Crippen LogP contribution in [0.5, 0.6) is 0 Å². The molecule has 1 atom stereocenters. The molecule has 0 spiro atoms. The van der Waals surface area contributed by atoms with Crippen molar-refractivity contribution in [2.24, 2.45) is 11.3 Å². The molecule has 0 heterocycles. The molecule has 1 saturated carbocycles. The van der Waals surface area contributed by atoms with E-state index in [0.717, 1.165) is 12.0 Å². The van der Waals surface area contributed by atoms with E-state index in [0.29, 0.717) is 11.6 Å². The van der Waals surface area contributed by atoms with Gasteiger partial charge in [0, 0.05) is 17.5 Å². The van der Waals surface area contributed by atoms with Crippen LogP contribution in [0.1, 0.15) is 25.8 Å². The topological polar surface area (TPSA) is 57.6 Å². The highest BCUT2D eigenvalue weighted by molar-refractivity contribution is 6.30. The molecule has 1 N–H and O–H groups in total. The molecule has 0 radical (unpaired) electrons. The van der Waals surface area contributed by atoms with E-state index in [4.69, 9.17) is 16.7 Å². The van der Waals surface area contributed by atoms with Crippen molar-refractivity contribution < 1.29 is 14.7 Å². The summed E-state index contributed by atoms with van der Waals surface area (Å²) in [6.45, 7) is 4.08. The second kappa shape index (κ2) is 5.44. The van der Waals surface area contributed by atoms with Crippen LogP contribution in [0.4, 0.5) is 0 Å².